The first-order valence-electron chi connectivity index (χ1n) is 6.14. The van der Waals surface area contributed by atoms with Crippen molar-refractivity contribution >= 4 is 17.3 Å². The zero-order valence-electron chi connectivity index (χ0n) is 11.1. The molecule has 1 aromatic rings. The van der Waals surface area contributed by atoms with Crippen LogP contribution >= 0.6 is 0 Å². The van der Waals surface area contributed by atoms with Crippen LogP contribution in [0.3, 0.4) is 0 Å². The molecular formula is C13H20N4O. The van der Waals surface area contributed by atoms with Gasteiger partial charge >= 0.3 is 0 Å². The van der Waals surface area contributed by atoms with Crippen LogP contribution in [0.1, 0.15) is 19.8 Å². The molecule has 1 unspecified atom stereocenters. The van der Waals surface area contributed by atoms with Crippen LogP contribution in [0.4, 0.5) is 11.4 Å². The number of carbonyl (C=O) groups excluding carboxylic acids is 1. The van der Waals surface area contributed by atoms with Gasteiger partial charge < -0.3 is 16.0 Å². The zero-order chi connectivity index (χ0) is 13.3. The summed E-state index contributed by atoms with van der Waals surface area (Å²) in [6.45, 7) is 1.80. The number of hydrogen-bond acceptors (Lipinski definition) is 4. The van der Waals surface area contributed by atoms with Crippen molar-refractivity contribution in [2.24, 2.45) is 11.7 Å². The first kappa shape index (κ1) is 12.8. The summed E-state index contributed by atoms with van der Waals surface area (Å²) in [4.78, 5) is 18.2. The van der Waals surface area contributed by atoms with Gasteiger partial charge in [0.1, 0.15) is 0 Å². The summed E-state index contributed by atoms with van der Waals surface area (Å²) in [7, 11) is 3.85. The molecule has 5 heteroatoms. The van der Waals surface area contributed by atoms with Gasteiger partial charge in [0.25, 0.3) is 0 Å². The van der Waals surface area contributed by atoms with Crippen molar-refractivity contribution in [3.8, 4) is 0 Å². The summed E-state index contributed by atoms with van der Waals surface area (Å²) in [6.07, 6.45) is 5.42. The van der Waals surface area contributed by atoms with E-state index in [4.69, 9.17) is 5.73 Å². The number of hydrogen-bond donors (Lipinski definition) is 2. The molecule has 0 spiro atoms. The number of nitrogens with one attached hydrogen (secondary N) is 1. The molecule has 0 radical (unpaired) electrons. The van der Waals surface area contributed by atoms with Crippen molar-refractivity contribution in [2.75, 3.05) is 24.3 Å². The number of anilines is 2. The van der Waals surface area contributed by atoms with Gasteiger partial charge in [-0.25, -0.2) is 0 Å². The van der Waals surface area contributed by atoms with E-state index in [9.17, 15) is 4.79 Å². The zero-order valence-corrected chi connectivity index (χ0v) is 11.1. The molecule has 0 saturated heterocycles. The van der Waals surface area contributed by atoms with Gasteiger partial charge in [0, 0.05) is 20.3 Å². The van der Waals surface area contributed by atoms with Gasteiger partial charge in [-0.3, -0.25) is 9.78 Å². The van der Waals surface area contributed by atoms with Crippen LogP contribution in [0.2, 0.25) is 0 Å². The largest absolute Gasteiger partial charge is 0.376 e. The number of aromatic nitrogens is 1. The molecule has 0 aliphatic heterocycles. The second kappa shape index (κ2) is 4.57. The number of amides is 1. The Morgan fingerprint density at radius 3 is 2.78 bits per heavy atom. The highest BCUT2D eigenvalue weighted by Crippen LogP contribution is 2.38. The van der Waals surface area contributed by atoms with Crippen molar-refractivity contribution in [2.45, 2.75) is 25.3 Å². The van der Waals surface area contributed by atoms with E-state index < -0.39 is 5.54 Å². The van der Waals surface area contributed by atoms with Gasteiger partial charge in [-0.2, -0.15) is 0 Å². The molecule has 5 nitrogen and oxygen atoms in total. The second-order valence-corrected chi connectivity index (χ2v) is 5.30. The van der Waals surface area contributed by atoms with Gasteiger partial charge in [0.2, 0.25) is 5.91 Å². The molecule has 98 valence electrons. The number of nitrogens with zero attached hydrogens (tertiary/aromatic N) is 2. The molecule has 2 rings (SSSR count). The normalized spacial score (nSPS) is 18.0. The van der Waals surface area contributed by atoms with Crippen LogP contribution in [0.15, 0.2) is 18.5 Å². The van der Waals surface area contributed by atoms with Gasteiger partial charge in [0.05, 0.1) is 23.1 Å². The quantitative estimate of drug-likeness (QED) is 0.840. The maximum Gasteiger partial charge on any atom is 0.244 e. The van der Waals surface area contributed by atoms with Crippen molar-refractivity contribution < 1.29 is 4.79 Å². The van der Waals surface area contributed by atoms with Crippen LogP contribution in [-0.2, 0) is 4.79 Å². The predicted molar refractivity (Wildman–Crippen MR) is 72.5 cm³/mol. The Morgan fingerprint density at radius 2 is 2.22 bits per heavy atom. The van der Waals surface area contributed by atoms with Gasteiger partial charge in [0.15, 0.2) is 0 Å². The maximum absolute atomic E-state index is 12.2. The summed E-state index contributed by atoms with van der Waals surface area (Å²) < 4.78 is 0. The van der Waals surface area contributed by atoms with E-state index in [1.165, 1.54) is 0 Å². The lowest BCUT2D eigenvalue weighted by Crippen LogP contribution is -2.50. The van der Waals surface area contributed by atoms with Crippen LogP contribution in [-0.4, -0.2) is 30.5 Å². The molecule has 1 saturated carbocycles. The lowest BCUT2D eigenvalue weighted by atomic mass is 9.96. The lowest BCUT2D eigenvalue weighted by molar-refractivity contribution is -0.121. The molecule has 0 bridgehead atoms. The Morgan fingerprint density at radius 1 is 1.56 bits per heavy atom. The fourth-order valence-electron chi connectivity index (χ4n) is 2.00. The van der Waals surface area contributed by atoms with E-state index in [1.54, 1.807) is 19.3 Å². The minimum Gasteiger partial charge on any atom is -0.376 e. The molecule has 1 atom stereocenters. The molecule has 18 heavy (non-hydrogen) atoms. The molecular weight excluding hydrogens is 228 g/mol. The number of nitrogens with two attached hydrogens (primary N) is 1. The van der Waals surface area contributed by atoms with Crippen molar-refractivity contribution in [3.05, 3.63) is 18.5 Å². The lowest BCUT2D eigenvalue weighted by Gasteiger charge is -2.25. The minimum atomic E-state index is -0.792. The van der Waals surface area contributed by atoms with Crippen molar-refractivity contribution in [1.82, 2.24) is 4.98 Å². The third-order valence-electron chi connectivity index (χ3n) is 3.44. The fraction of sp³-hybridized carbons (Fsp3) is 0.538. The van der Waals surface area contributed by atoms with Crippen LogP contribution in [0, 0.1) is 5.92 Å². The van der Waals surface area contributed by atoms with Gasteiger partial charge in [-0.05, 0) is 31.7 Å². The summed E-state index contributed by atoms with van der Waals surface area (Å²) in [5.41, 5.74) is 6.92. The topological polar surface area (TPSA) is 71.2 Å². The third-order valence-corrected chi connectivity index (χ3v) is 3.44. The molecule has 1 fully saturated rings. The molecule has 0 aromatic carbocycles. The number of rotatable bonds is 4. The maximum atomic E-state index is 12.2. The van der Waals surface area contributed by atoms with E-state index in [0.29, 0.717) is 11.6 Å². The Bertz CT molecular complexity index is 452. The van der Waals surface area contributed by atoms with Crippen LogP contribution in [0.25, 0.3) is 0 Å². The Kier molecular flexibility index (Phi) is 3.26. The molecule has 1 heterocycles. The monoisotopic (exact) mass is 248 g/mol. The van der Waals surface area contributed by atoms with Gasteiger partial charge in [-0.1, -0.05) is 0 Å². The van der Waals surface area contributed by atoms with E-state index in [-0.39, 0.29) is 5.91 Å². The first-order chi connectivity index (χ1) is 8.43. The average molecular weight is 248 g/mol. The van der Waals surface area contributed by atoms with Crippen LogP contribution in [0.5, 0.6) is 0 Å². The Labute approximate surface area is 107 Å². The average Bonchev–Trinajstić information content (AvgIpc) is 3.13. The molecule has 1 aliphatic carbocycles. The molecule has 1 aromatic heterocycles. The summed E-state index contributed by atoms with van der Waals surface area (Å²) >= 11 is 0. The van der Waals surface area contributed by atoms with E-state index >= 15 is 0 Å². The molecule has 1 aliphatic rings. The Hall–Kier alpha value is -1.62. The standard InChI is InChI=1S/C13H20N4O/c1-13(14,9-4-5-9)12(18)16-10-8-15-7-6-11(10)17(2)3/h6-9H,4-5,14H2,1-3H3,(H,16,18). The van der Waals surface area contributed by atoms with E-state index in [0.717, 1.165) is 18.5 Å². The number of pyridine rings is 1. The van der Waals surface area contributed by atoms with E-state index in [1.807, 2.05) is 25.1 Å². The third kappa shape index (κ3) is 2.46. The highest BCUT2D eigenvalue weighted by molar-refractivity contribution is 6.00. The summed E-state index contributed by atoms with van der Waals surface area (Å²) in [6, 6.07) is 1.86. The highest BCUT2D eigenvalue weighted by atomic mass is 16.2. The van der Waals surface area contributed by atoms with Crippen LogP contribution < -0.4 is 16.0 Å². The molecule has 3 N–H and O–H groups in total. The fourth-order valence-corrected chi connectivity index (χ4v) is 2.00. The second-order valence-electron chi connectivity index (χ2n) is 5.30. The van der Waals surface area contributed by atoms with Gasteiger partial charge in [-0.15, -0.1) is 0 Å². The SMILES string of the molecule is CN(C)c1ccncc1NC(=O)C(C)(N)C1CC1. The summed E-state index contributed by atoms with van der Waals surface area (Å²) in [5, 5.41) is 2.89. The number of carbonyl (C=O) groups is 1. The predicted octanol–water partition coefficient (Wildman–Crippen LogP) is 1.21. The van der Waals surface area contributed by atoms with E-state index in [2.05, 4.69) is 10.3 Å². The van der Waals surface area contributed by atoms with Crippen molar-refractivity contribution in [3.63, 3.8) is 0 Å². The minimum absolute atomic E-state index is 0.138. The highest BCUT2D eigenvalue weighted by Gasteiger charge is 2.44. The Balaban J connectivity index is 2.16. The molecule has 1 amide bonds. The van der Waals surface area contributed by atoms with Crippen molar-refractivity contribution in [1.29, 1.82) is 0 Å². The smallest absolute Gasteiger partial charge is 0.244 e. The first-order valence-corrected chi connectivity index (χ1v) is 6.14. The summed E-state index contributed by atoms with van der Waals surface area (Å²) in [5.74, 6) is 0.165.